The van der Waals surface area contributed by atoms with E-state index in [2.05, 4.69) is 15.9 Å². The third-order valence-corrected chi connectivity index (χ3v) is 4.01. The summed E-state index contributed by atoms with van der Waals surface area (Å²) in [7, 11) is 0. The Labute approximate surface area is 119 Å². The molecule has 0 spiro atoms. The number of hydrogen-bond donors (Lipinski definition) is 1. The summed E-state index contributed by atoms with van der Waals surface area (Å²) in [6, 6.07) is 1.85. The molecule has 1 aliphatic rings. The SMILES string of the molecule is Cl.NCC1CN(C(=O)c2csc(Br)c2)CCO1. The molecule has 1 fully saturated rings. The van der Waals surface area contributed by atoms with Crippen molar-refractivity contribution in [1.29, 1.82) is 0 Å². The Balaban J connectivity index is 0.00000144. The highest BCUT2D eigenvalue weighted by molar-refractivity contribution is 9.11. The summed E-state index contributed by atoms with van der Waals surface area (Å²) < 4.78 is 6.39. The topological polar surface area (TPSA) is 55.6 Å². The highest BCUT2D eigenvalue weighted by Gasteiger charge is 2.24. The van der Waals surface area contributed by atoms with Crippen LogP contribution in [0.1, 0.15) is 10.4 Å². The van der Waals surface area contributed by atoms with Gasteiger partial charge in [-0.25, -0.2) is 0 Å². The smallest absolute Gasteiger partial charge is 0.254 e. The van der Waals surface area contributed by atoms with Crippen LogP contribution in [0.3, 0.4) is 0 Å². The number of nitrogens with two attached hydrogens (primary N) is 1. The Morgan fingerprint density at radius 2 is 2.47 bits per heavy atom. The first-order valence-corrected chi connectivity index (χ1v) is 6.73. The minimum Gasteiger partial charge on any atom is -0.373 e. The Morgan fingerprint density at radius 1 is 1.71 bits per heavy atom. The molecular weight excluding hydrogens is 328 g/mol. The van der Waals surface area contributed by atoms with Crippen LogP contribution >= 0.6 is 39.7 Å². The predicted molar refractivity (Wildman–Crippen MR) is 74.0 cm³/mol. The van der Waals surface area contributed by atoms with E-state index < -0.39 is 0 Å². The standard InChI is InChI=1S/C10H13BrN2O2S.ClH/c11-9-3-7(6-16-9)10(14)13-1-2-15-8(4-12)5-13;/h3,6,8H,1-2,4-5,12H2;1H. The molecule has 1 amide bonds. The van der Waals surface area contributed by atoms with E-state index in [1.165, 1.54) is 11.3 Å². The van der Waals surface area contributed by atoms with Crippen molar-refractivity contribution < 1.29 is 9.53 Å². The van der Waals surface area contributed by atoms with Crippen molar-refractivity contribution >= 4 is 45.6 Å². The molecule has 1 saturated heterocycles. The second-order valence-corrected chi connectivity index (χ2v) is 5.91. The average molecular weight is 342 g/mol. The first-order chi connectivity index (χ1) is 7.70. The maximum absolute atomic E-state index is 12.1. The Bertz CT molecular complexity index is 388. The molecule has 2 N–H and O–H groups in total. The summed E-state index contributed by atoms with van der Waals surface area (Å²) in [5.74, 6) is 0.0590. The molecule has 4 nitrogen and oxygen atoms in total. The molecule has 1 unspecified atom stereocenters. The maximum Gasteiger partial charge on any atom is 0.254 e. The van der Waals surface area contributed by atoms with Gasteiger partial charge in [-0.05, 0) is 22.0 Å². The van der Waals surface area contributed by atoms with Gasteiger partial charge in [0.05, 0.1) is 22.1 Å². The van der Waals surface area contributed by atoms with Crippen molar-refractivity contribution in [2.24, 2.45) is 5.73 Å². The minimum atomic E-state index is -0.0280. The summed E-state index contributed by atoms with van der Waals surface area (Å²) in [6.07, 6.45) is -0.0280. The summed E-state index contributed by atoms with van der Waals surface area (Å²) in [4.78, 5) is 13.9. The molecular formula is C10H14BrClN2O2S. The van der Waals surface area contributed by atoms with Crippen LogP contribution in [-0.4, -0.2) is 43.2 Å². The van der Waals surface area contributed by atoms with Gasteiger partial charge in [0.1, 0.15) is 0 Å². The Hall–Kier alpha value is -0.140. The lowest BCUT2D eigenvalue weighted by molar-refractivity contribution is -0.0167. The van der Waals surface area contributed by atoms with Gasteiger partial charge in [-0.3, -0.25) is 4.79 Å². The van der Waals surface area contributed by atoms with Gasteiger partial charge in [-0.1, -0.05) is 0 Å². The number of carbonyl (C=O) groups excluding carboxylic acids is 1. The van der Waals surface area contributed by atoms with Crippen LogP contribution in [0.4, 0.5) is 0 Å². The fourth-order valence-corrected chi connectivity index (χ4v) is 2.78. The van der Waals surface area contributed by atoms with Gasteiger partial charge in [0.15, 0.2) is 0 Å². The molecule has 1 aromatic heterocycles. The van der Waals surface area contributed by atoms with Crippen LogP contribution in [0, 0.1) is 0 Å². The zero-order valence-corrected chi connectivity index (χ0v) is 12.3. The van der Waals surface area contributed by atoms with Gasteiger partial charge >= 0.3 is 0 Å². The van der Waals surface area contributed by atoms with E-state index >= 15 is 0 Å². The number of morpholine rings is 1. The summed E-state index contributed by atoms with van der Waals surface area (Å²) in [5.41, 5.74) is 6.27. The predicted octanol–water partition coefficient (Wildman–Crippen LogP) is 1.73. The lowest BCUT2D eigenvalue weighted by Crippen LogP contribution is -2.48. The van der Waals surface area contributed by atoms with E-state index in [1.54, 1.807) is 4.90 Å². The molecule has 0 aliphatic carbocycles. The summed E-state index contributed by atoms with van der Waals surface area (Å²) in [6.45, 7) is 2.25. The molecule has 7 heteroatoms. The van der Waals surface area contributed by atoms with Gasteiger partial charge in [0.2, 0.25) is 0 Å². The third-order valence-electron chi connectivity index (χ3n) is 2.50. The number of hydrogen-bond acceptors (Lipinski definition) is 4. The number of amides is 1. The molecule has 17 heavy (non-hydrogen) atoms. The van der Waals surface area contributed by atoms with Crippen LogP contribution in [0.25, 0.3) is 0 Å². The molecule has 0 bridgehead atoms. The highest BCUT2D eigenvalue weighted by atomic mass is 79.9. The number of carbonyl (C=O) groups is 1. The second-order valence-electron chi connectivity index (χ2n) is 3.62. The molecule has 2 heterocycles. The fraction of sp³-hybridized carbons (Fsp3) is 0.500. The zero-order chi connectivity index (χ0) is 11.5. The zero-order valence-electron chi connectivity index (χ0n) is 9.10. The maximum atomic E-state index is 12.1. The lowest BCUT2D eigenvalue weighted by Gasteiger charge is -2.32. The van der Waals surface area contributed by atoms with E-state index in [4.69, 9.17) is 10.5 Å². The normalized spacial score (nSPS) is 19.9. The summed E-state index contributed by atoms with van der Waals surface area (Å²) in [5, 5.41) is 1.86. The minimum absolute atomic E-state index is 0. The molecule has 1 aromatic rings. The van der Waals surface area contributed by atoms with Crippen LogP contribution < -0.4 is 5.73 Å². The van der Waals surface area contributed by atoms with Crippen molar-refractivity contribution in [2.45, 2.75) is 6.10 Å². The van der Waals surface area contributed by atoms with Crippen LogP contribution in [0.2, 0.25) is 0 Å². The number of nitrogens with zero attached hydrogens (tertiary/aromatic N) is 1. The number of halogens is 2. The molecule has 0 radical (unpaired) electrons. The summed E-state index contributed by atoms with van der Waals surface area (Å²) >= 11 is 4.87. The van der Waals surface area contributed by atoms with Crippen LogP contribution in [0.15, 0.2) is 15.2 Å². The number of rotatable bonds is 2. The number of ether oxygens (including phenoxy) is 1. The van der Waals surface area contributed by atoms with Crippen LogP contribution in [0.5, 0.6) is 0 Å². The monoisotopic (exact) mass is 340 g/mol. The lowest BCUT2D eigenvalue weighted by atomic mass is 10.2. The molecule has 0 aromatic carbocycles. The van der Waals surface area contributed by atoms with E-state index in [0.717, 1.165) is 9.35 Å². The van der Waals surface area contributed by atoms with Crippen LogP contribution in [-0.2, 0) is 4.74 Å². The molecule has 0 saturated carbocycles. The van der Waals surface area contributed by atoms with Crippen molar-refractivity contribution in [3.05, 3.63) is 20.8 Å². The molecule has 1 atom stereocenters. The van der Waals surface area contributed by atoms with Gasteiger partial charge in [0, 0.05) is 25.0 Å². The van der Waals surface area contributed by atoms with E-state index in [9.17, 15) is 4.79 Å². The Kier molecular flexibility index (Phi) is 5.88. The van der Waals surface area contributed by atoms with Gasteiger partial charge in [-0.2, -0.15) is 0 Å². The van der Waals surface area contributed by atoms with Gasteiger partial charge in [0.25, 0.3) is 5.91 Å². The van der Waals surface area contributed by atoms with Crippen molar-refractivity contribution in [3.63, 3.8) is 0 Å². The molecule has 2 rings (SSSR count). The van der Waals surface area contributed by atoms with Crippen molar-refractivity contribution in [1.82, 2.24) is 4.90 Å². The van der Waals surface area contributed by atoms with E-state index in [1.807, 2.05) is 11.4 Å². The van der Waals surface area contributed by atoms with E-state index in [-0.39, 0.29) is 24.4 Å². The largest absolute Gasteiger partial charge is 0.373 e. The van der Waals surface area contributed by atoms with Gasteiger partial charge < -0.3 is 15.4 Å². The average Bonchev–Trinajstić information content (AvgIpc) is 2.75. The quantitative estimate of drug-likeness (QED) is 0.891. The van der Waals surface area contributed by atoms with Crippen molar-refractivity contribution in [2.75, 3.05) is 26.2 Å². The van der Waals surface area contributed by atoms with E-state index in [0.29, 0.717) is 26.2 Å². The Morgan fingerprint density at radius 3 is 3.06 bits per heavy atom. The molecule has 1 aliphatic heterocycles. The first-order valence-electron chi connectivity index (χ1n) is 5.05. The molecule has 96 valence electrons. The van der Waals surface area contributed by atoms with Gasteiger partial charge in [-0.15, -0.1) is 23.7 Å². The third kappa shape index (κ3) is 3.66. The highest BCUT2D eigenvalue weighted by Crippen LogP contribution is 2.22. The number of thiophene rings is 1. The van der Waals surface area contributed by atoms with Crippen molar-refractivity contribution in [3.8, 4) is 0 Å². The second kappa shape index (κ2) is 6.70. The first kappa shape index (κ1) is 14.9. The fourth-order valence-electron chi connectivity index (χ4n) is 1.65.